The molecule has 0 aliphatic heterocycles. The van der Waals surface area contributed by atoms with Crippen molar-refractivity contribution in [1.29, 1.82) is 0 Å². The first-order chi connectivity index (χ1) is 8.63. The smallest absolute Gasteiger partial charge is 0.0947 e. The molecular weight excluding hydrogens is 246 g/mol. The van der Waals surface area contributed by atoms with Crippen LogP contribution < -0.4 is 11.3 Å². The average Bonchev–Trinajstić information content (AvgIpc) is 2.92. The lowest BCUT2D eigenvalue weighted by atomic mass is 10.0. The van der Waals surface area contributed by atoms with Crippen molar-refractivity contribution in [3.8, 4) is 0 Å². The van der Waals surface area contributed by atoms with E-state index in [4.69, 9.17) is 5.84 Å². The van der Waals surface area contributed by atoms with Crippen LogP contribution in [-0.2, 0) is 19.9 Å². The van der Waals surface area contributed by atoms with Gasteiger partial charge in [-0.25, -0.2) is 4.98 Å². The van der Waals surface area contributed by atoms with E-state index in [1.165, 1.54) is 0 Å². The molecule has 6 heteroatoms. The van der Waals surface area contributed by atoms with E-state index in [-0.39, 0.29) is 6.04 Å². The maximum absolute atomic E-state index is 5.68. The molecule has 1 unspecified atom stereocenters. The number of hydrogen-bond donors (Lipinski definition) is 2. The Kier molecular flexibility index (Phi) is 4.11. The summed E-state index contributed by atoms with van der Waals surface area (Å²) in [5, 5.41) is 7.61. The van der Waals surface area contributed by atoms with Gasteiger partial charge in [-0.1, -0.05) is 6.92 Å². The molecule has 2 heterocycles. The molecule has 0 amide bonds. The van der Waals surface area contributed by atoms with E-state index in [0.29, 0.717) is 0 Å². The molecule has 0 spiro atoms. The van der Waals surface area contributed by atoms with Crippen LogP contribution in [0.15, 0.2) is 11.6 Å². The van der Waals surface area contributed by atoms with Gasteiger partial charge in [-0.05, 0) is 13.3 Å². The van der Waals surface area contributed by atoms with Gasteiger partial charge in [-0.2, -0.15) is 5.10 Å². The SMILES string of the molecule is CCc1nn(C)cc1C(Cc1nc(C)cs1)NN. The number of hydrazine groups is 1. The van der Waals surface area contributed by atoms with Crippen molar-refractivity contribution in [1.82, 2.24) is 20.2 Å². The van der Waals surface area contributed by atoms with Gasteiger partial charge in [0.1, 0.15) is 0 Å². The summed E-state index contributed by atoms with van der Waals surface area (Å²) in [7, 11) is 1.93. The molecule has 0 saturated heterocycles. The molecular formula is C12H19N5S. The summed E-state index contributed by atoms with van der Waals surface area (Å²) < 4.78 is 1.84. The van der Waals surface area contributed by atoms with Crippen molar-refractivity contribution in [2.24, 2.45) is 12.9 Å². The van der Waals surface area contributed by atoms with E-state index >= 15 is 0 Å². The second kappa shape index (κ2) is 5.60. The maximum Gasteiger partial charge on any atom is 0.0947 e. The quantitative estimate of drug-likeness (QED) is 0.635. The number of rotatable bonds is 5. The number of nitrogens with zero attached hydrogens (tertiary/aromatic N) is 3. The average molecular weight is 265 g/mol. The molecule has 5 nitrogen and oxygen atoms in total. The Morgan fingerprint density at radius 1 is 1.56 bits per heavy atom. The van der Waals surface area contributed by atoms with Gasteiger partial charge in [0.25, 0.3) is 0 Å². The van der Waals surface area contributed by atoms with Crippen molar-refractivity contribution in [3.63, 3.8) is 0 Å². The lowest BCUT2D eigenvalue weighted by Gasteiger charge is -2.14. The highest BCUT2D eigenvalue weighted by molar-refractivity contribution is 7.09. The molecule has 0 aliphatic rings. The van der Waals surface area contributed by atoms with Crippen LogP contribution >= 0.6 is 11.3 Å². The number of aryl methyl sites for hydroxylation is 3. The van der Waals surface area contributed by atoms with Gasteiger partial charge in [-0.3, -0.25) is 16.0 Å². The number of thiazole rings is 1. The predicted molar refractivity (Wildman–Crippen MR) is 73.2 cm³/mol. The topological polar surface area (TPSA) is 68.8 Å². The minimum absolute atomic E-state index is 0.0687. The molecule has 0 radical (unpaired) electrons. The lowest BCUT2D eigenvalue weighted by molar-refractivity contribution is 0.546. The Hall–Kier alpha value is -1.24. The third-order valence-electron chi connectivity index (χ3n) is 2.89. The van der Waals surface area contributed by atoms with Crippen molar-refractivity contribution in [2.45, 2.75) is 32.7 Å². The fourth-order valence-corrected chi connectivity index (χ4v) is 2.87. The minimum Gasteiger partial charge on any atom is -0.275 e. The largest absolute Gasteiger partial charge is 0.275 e. The van der Waals surface area contributed by atoms with Crippen LogP contribution in [0.5, 0.6) is 0 Å². The van der Waals surface area contributed by atoms with E-state index in [1.807, 2.05) is 24.9 Å². The molecule has 2 aromatic rings. The molecule has 2 aromatic heterocycles. The predicted octanol–water partition coefficient (Wildman–Crippen LogP) is 1.49. The van der Waals surface area contributed by atoms with Crippen molar-refractivity contribution >= 4 is 11.3 Å². The van der Waals surface area contributed by atoms with E-state index in [9.17, 15) is 0 Å². The van der Waals surface area contributed by atoms with E-state index in [1.54, 1.807) is 11.3 Å². The fourth-order valence-electron chi connectivity index (χ4n) is 2.05. The third-order valence-corrected chi connectivity index (χ3v) is 3.88. The molecule has 0 saturated carbocycles. The van der Waals surface area contributed by atoms with E-state index in [0.717, 1.165) is 34.8 Å². The first kappa shape index (κ1) is 13.2. The summed E-state index contributed by atoms with van der Waals surface area (Å²) in [5.74, 6) is 5.68. The molecule has 2 rings (SSSR count). The standard InChI is InChI=1S/C12H19N5S/c1-4-10-9(6-17(3)16-10)11(15-13)5-12-14-8(2)7-18-12/h6-7,11,15H,4-5,13H2,1-3H3. The van der Waals surface area contributed by atoms with Gasteiger partial charge >= 0.3 is 0 Å². The summed E-state index contributed by atoms with van der Waals surface area (Å²) in [5.41, 5.74) is 6.19. The Labute approximate surface area is 111 Å². The zero-order valence-corrected chi connectivity index (χ0v) is 11.8. The van der Waals surface area contributed by atoms with Crippen LogP contribution in [0.4, 0.5) is 0 Å². The van der Waals surface area contributed by atoms with Crippen molar-refractivity contribution in [3.05, 3.63) is 33.5 Å². The number of nitrogens with two attached hydrogens (primary N) is 1. The Morgan fingerprint density at radius 2 is 2.33 bits per heavy atom. The molecule has 0 aliphatic carbocycles. The first-order valence-corrected chi connectivity index (χ1v) is 6.91. The first-order valence-electron chi connectivity index (χ1n) is 6.03. The van der Waals surface area contributed by atoms with Gasteiger partial charge < -0.3 is 0 Å². The van der Waals surface area contributed by atoms with Gasteiger partial charge in [0.15, 0.2) is 0 Å². The molecule has 0 fully saturated rings. The Balaban J connectivity index is 2.22. The molecule has 0 bridgehead atoms. The molecule has 0 aromatic carbocycles. The zero-order valence-electron chi connectivity index (χ0n) is 11.0. The summed E-state index contributed by atoms with van der Waals surface area (Å²) in [6.45, 7) is 4.11. The highest BCUT2D eigenvalue weighted by Crippen LogP contribution is 2.22. The summed E-state index contributed by atoms with van der Waals surface area (Å²) in [4.78, 5) is 4.48. The number of hydrogen-bond acceptors (Lipinski definition) is 5. The van der Waals surface area contributed by atoms with Gasteiger partial charge in [0, 0.05) is 36.3 Å². The second-order valence-electron chi connectivity index (χ2n) is 4.36. The van der Waals surface area contributed by atoms with Crippen LogP contribution in [0, 0.1) is 6.92 Å². The highest BCUT2D eigenvalue weighted by atomic mass is 32.1. The van der Waals surface area contributed by atoms with E-state index < -0.39 is 0 Å². The molecule has 18 heavy (non-hydrogen) atoms. The maximum atomic E-state index is 5.68. The Bertz CT molecular complexity index is 516. The van der Waals surface area contributed by atoms with Crippen molar-refractivity contribution in [2.75, 3.05) is 0 Å². The van der Waals surface area contributed by atoms with Crippen molar-refractivity contribution < 1.29 is 0 Å². The minimum atomic E-state index is 0.0687. The number of aromatic nitrogens is 3. The van der Waals surface area contributed by atoms with Gasteiger partial charge in [0.05, 0.1) is 16.7 Å². The van der Waals surface area contributed by atoms with Crippen LogP contribution in [0.2, 0.25) is 0 Å². The summed E-state index contributed by atoms with van der Waals surface area (Å²) in [6.07, 6.45) is 3.74. The normalized spacial score (nSPS) is 12.9. The second-order valence-corrected chi connectivity index (χ2v) is 5.31. The van der Waals surface area contributed by atoms with Crippen LogP contribution in [-0.4, -0.2) is 14.8 Å². The molecule has 98 valence electrons. The summed E-state index contributed by atoms with van der Waals surface area (Å²) in [6, 6.07) is 0.0687. The highest BCUT2D eigenvalue weighted by Gasteiger charge is 2.18. The lowest BCUT2D eigenvalue weighted by Crippen LogP contribution is -2.30. The van der Waals surface area contributed by atoms with Crippen LogP contribution in [0.1, 0.15) is 34.9 Å². The van der Waals surface area contributed by atoms with Crippen LogP contribution in [0.3, 0.4) is 0 Å². The molecule has 1 atom stereocenters. The molecule has 3 N–H and O–H groups in total. The Morgan fingerprint density at radius 3 is 2.89 bits per heavy atom. The number of nitrogens with one attached hydrogen (secondary N) is 1. The zero-order chi connectivity index (χ0) is 13.1. The third kappa shape index (κ3) is 2.77. The van der Waals surface area contributed by atoms with Gasteiger partial charge in [0.2, 0.25) is 0 Å². The fraction of sp³-hybridized carbons (Fsp3) is 0.500. The summed E-state index contributed by atoms with van der Waals surface area (Å²) >= 11 is 1.67. The van der Waals surface area contributed by atoms with Gasteiger partial charge in [-0.15, -0.1) is 11.3 Å². The monoisotopic (exact) mass is 265 g/mol. The van der Waals surface area contributed by atoms with Crippen LogP contribution in [0.25, 0.3) is 0 Å². The van der Waals surface area contributed by atoms with E-state index in [2.05, 4.69) is 27.8 Å².